The molecule has 21 heavy (non-hydrogen) atoms. The van der Waals surface area contributed by atoms with Gasteiger partial charge in [0.2, 0.25) is 0 Å². The number of benzene rings is 1. The Morgan fingerprint density at radius 1 is 1.24 bits per heavy atom. The molecule has 1 rings (SSSR count). The zero-order valence-corrected chi connectivity index (χ0v) is 14.6. The van der Waals surface area contributed by atoms with Gasteiger partial charge in [-0.2, -0.15) is 0 Å². The van der Waals surface area contributed by atoms with E-state index < -0.39 is 0 Å². The molecule has 1 aromatic carbocycles. The number of hydrogen-bond donors (Lipinski definition) is 1. The van der Waals surface area contributed by atoms with Crippen LogP contribution >= 0.6 is 0 Å². The molecule has 3 nitrogen and oxygen atoms in total. The number of methoxy groups -OCH3 is 1. The molecule has 0 bridgehead atoms. The molecule has 0 aliphatic rings. The molecule has 0 saturated carbocycles. The van der Waals surface area contributed by atoms with E-state index in [4.69, 9.17) is 4.74 Å². The first-order valence-electron chi connectivity index (χ1n) is 8.10. The maximum absolute atomic E-state index is 5.53. The van der Waals surface area contributed by atoms with Crippen LogP contribution in [-0.2, 0) is 6.54 Å². The SMILES string of the molecule is CCNC(C)c1ccc(OC)c(CN(C)CC(C)CC)c1. The summed E-state index contributed by atoms with van der Waals surface area (Å²) in [5.41, 5.74) is 2.59. The van der Waals surface area contributed by atoms with Crippen molar-refractivity contribution in [3.05, 3.63) is 29.3 Å². The van der Waals surface area contributed by atoms with E-state index in [0.717, 1.165) is 31.3 Å². The van der Waals surface area contributed by atoms with E-state index in [-0.39, 0.29) is 0 Å². The van der Waals surface area contributed by atoms with Gasteiger partial charge in [0.05, 0.1) is 7.11 Å². The molecule has 120 valence electrons. The van der Waals surface area contributed by atoms with E-state index in [9.17, 15) is 0 Å². The quantitative estimate of drug-likeness (QED) is 0.748. The van der Waals surface area contributed by atoms with Crippen LogP contribution in [0.2, 0.25) is 0 Å². The lowest BCUT2D eigenvalue weighted by atomic mass is 10.0. The molecule has 0 aliphatic carbocycles. The van der Waals surface area contributed by atoms with E-state index in [1.54, 1.807) is 7.11 Å². The third kappa shape index (κ3) is 5.68. The Balaban J connectivity index is 2.85. The first kappa shape index (κ1) is 18.0. The van der Waals surface area contributed by atoms with Crippen LogP contribution in [0.1, 0.15) is 51.3 Å². The minimum Gasteiger partial charge on any atom is -0.496 e. The normalized spacial score (nSPS) is 14.2. The second-order valence-electron chi connectivity index (χ2n) is 6.06. The molecule has 2 unspecified atom stereocenters. The molecule has 3 heteroatoms. The summed E-state index contributed by atoms with van der Waals surface area (Å²) < 4.78 is 5.53. The van der Waals surface area contributed by atoms with Crippen LogP contribution < -0.4 is 10.1 Å². The molecule has 0 fully saturated rings. The Bertz CT molecular complexity index is 420. The topological polar surface area (TPSA) is 24.5 Å². The minimum absolute atomic E-state index is 0.375. The zero-order valence-electron chi connectivity index (χ0n) is 14.6. The first-order valence-corrected chi connectivity index (χ1v) is 8.10. The highest BCUT2D eigenvalue weighted by Gasteiger charge is 2.12. The monoisotopic (exact) mass is 292 g/mol. The molecule has 2 atom stereocenters. The van der Waals surface area contributed by atoms with Gasteiger partial charge >= 0.3 is 0 Å². The molecule has 0 aromatic heterocycles. The summed E-state index contributed by atoms with van der Waals surface area (Å²) in [5.74, 6) is 1.71. The summed E-state index contributed by atoms with van der Waals surface area (Å²) in [6, 6.07) is 6.90. The predicted octanol–water partition coefficient (Wildman–Crippen LogP) is 3.84. The number of rotatable bonds is 9. The van der Waals surface area contributed by atoms with Gasteiger partial charge in [-0.3, -0.25) is 0 Å². The summed E-state index contributed by atoms with van der Waals surface area (Å²) in [4.78, 5) is 2.38. The van der Waals surface area contributed by atoms with Gasteiger partial charge in [0.15, 0.2) is 0 Å². The average Bonchev–Trinajstić information content (AvgIpc) is 2.47. The second-order valence-corrected chi connectivity index (χ2v) is 6.06. The van der Waals surface area contributed by atoms with Gasteiger partial charge < -0.3 is 15.0 Å². The zero-order chi connectivity index (χ0) is 15.8. The fourth-order valence-electron chi connectivity index (χ4n) is 2.63. The average molecular weight is 292 g/mol. The Morgan fingerprint density at radius 2 is 1.95 bits per heavy atom. The van der Waals surface area contributed by atoms with Crippen molar-refractivity contribution in [2.24, 2.45) is 5.92 Å². The number of hydrogen-bond acceptors (Lipinski definition) is 3. The van der Waals surface area contributed by atoms with Crippen LogP contribution in [-0.4, -0.2) is 32.1 Å². The van der Waals surface area contributed by atoms with Gasteiger partial charge in [-0.1, -0.05) is 33.3 Å². The van der Waals surface area contributed by atoms with Crippen molar-refractivity contribution in [1.82, 2.24) is 10.2 Å². The van der Waals surface area contributed by atoms with Crippen LogP contribution in [0.15, 0.2) is 18.2 Å². The summed E-state index contributed by atoms with van der Waals surface area (Å²) in [6.07, 6.45) is 1.22. The maximum Gasteiger partial charge on any atom is 0.123 e. The number of ether oxygens (including phenoxy) is 1. The molecular formula is C18H32N2O. The molecule has 0 amide bonds. The minimum atomic E-state index is 0.375. The highest BCUT2D eigenvalue weighted by molar-refractivity contribution is 5.38. The largest absolute Gasteiger partial charge is 0.496 e. The van der Waals surface area contributed by atoms with Crippen molar-refractivity contribution in [2.75, 3.05) is 27.2 Å². The lowest BCUT2D eigenvalue weighted by molar-refractivity contribution is 0.270. The van der Waals surface area contributed by atoms with Crippen molar-refractivity contribution in [1.29, 1.82) is 0 Å². The molecule has 1 N–H and O–H groups in total. The molecule has 0 heterocycles. The third-order valence-electron chi connectivity index (χ3n) is 4.08. The Hall–Kier alpha value is -1.06. The highest BCUT2D eigenvalue weighted by Crippen LogP contribution is 2.24. The van der Waals surface area contributed by atoms with Gasteiger partial charge in [0.1, 0.15) is 5.75 Å². The van der Waals surface area contributed by atoms with Crippen molar-refractivity contribution >= 4 is 0 Å². The Morgan fingerprint density at radius 3 is 2.52 bits per heavy atom. The number of nitrogens with zero attached hydrogens (tertiary/aromatic N) is 1. The Kier molecular flexibility index (Phi) is 7.76. The number of nitrogens with one attached hydrogen (secondary N) is 1. The third-order valence-corrected chi connectivity index (χ3v) is 4.08. The fraction of sp³-hybridized carbons (Fsp3) is 0.667. The van der Waals surface area contributed by atoms with Crippen LogP contribution in [0.25, 0.3) is 0 Å². The van der Waals surface area contributed by atoms with E-state index in [2.05, 4.69) is 63.2 Å². The van der Waals surface area contributed by atoms with Crippen molar-refractivity contribution in [3.8, 4) is 5.75 Å². The molecule has 0 spiro atoms. The van der Waals surface area contributed by atoms with E-state index in [0.29, 0.717) is 6.04 Å². The summed E-state index contributed by atoms with van der Waals surface area (Å²) in [5, 5.41) is 3.47. The van der Waals surface area contributed by atoms with Crippen molar-refractivity contribution < 1.29 is 4.74 Å². The van der Waals surface area contributed by atoms with Crippen molar-refractivity contribution in [3.63, 3.8) is 0 Å². The van der Waals surface area contributed by atoms with E-state index in [1.165, 1.54) is 17.5 Å². The van der Waals surface area contributed by atoms with Gasteiger partial charge in [-0.15, -0.1) is 0 Å². The first-order chi connectivity index (χ1) is 10.0. The van der Waals surface area contributed by atoms with Gasteiger partial charge in [-0.25, -0.2) is 0 Å². The maximum atomic E-state index is 5.53. The summed E-state index contributed by atoms with van der Waals surface area (Å²) in [7, 11) is 3.94. The molecule has 0 saturated heterocycles. The molecule has 0 radical (unpaired) electrons. The van der Waals surface area contributed by atoms with Crippen LogP contribution in [0.3, 0.4) is 0 Å². The predicted molar refractivity (Wildman–Crippen MR) is 90.9 cm³/mol. The molecular weight excluding hydrogens is 260 g/mol. The van der Waals surface area contributed by atoms with Gasteiger partial charge in [-0.05, 0) is 44.1 Å². The molecule has 1 aromatic rings. The highest BCUT2D eigenvalue weighted by atomic mass is 16.5. The molecule has 0 aliphatic heterocycles. The summed E-state index contributed by atoms with van der Waals surface area (Å²) in [6.45, 7) is 11.9. The standard InChI is InChI=1S/C18H32N2O/c1-7-14(3)12-20(5)13-17-11-16(15(4)19-8-2)9-10-18(17)21-6/h9-11,14-15,19H,7-8,12-13H2,1-6H3. The Labute approximate surface area is 130 Å². The van der Waals surface area contributed by atoms with E-state index in [1.807, 2.05) is 0 Å². The lowest BCUT2D eigenvalue weighted by Crippen LogP contribution is -2.24. The second kappa shape index (κ2) is 9.06. The van der Waals surface area contributed by atoms with Gasteiger partial charge in [0.25, 0.3) is 0 Å². The summed E-state index contributed by atoms with van der Waals surface area (Å²) >= 11 is 0. The van der Waals surface area contributed by atoms with E-state index >= 15 is 0 Å². The van der Waals surface area contributed by atoms with Crippen molar-refractivity contribution in [2.45, 2.75) is 46.7 Å². The van der Waals surface area contributed by atoms with Crippen LogP contribution in [0, 0.1) is 5.92 Å². The van der Waals surface area contributed by atoms with Crippen LogP contribution in [0.5, 0.6) is 5.75 Å². The van der Waals surface area contributed by atoms with Crippen LogP contribution in [0.4, 0.5) is 0 Å². The fourth-order valence-corrected chi connectivity index (χ4v) is 2.63. The lowest BCUT2D eigenvalue weighted by Gasteiger charge is -2.23. The van der Waals surface area contributed by atoms with Gasteiger partial charge in [0, 0.05) is 24.7 Å². The smallest absolute Gasteiger partial charge is 0.123 e.